The van der Waals surface area contributed by atoms with Gasteiger partial charge in [0.2, 0.25) is 0 Å². The van der Waals surface area contributed by atoms with Crippen LogP contribution in [-0.4, -0.2) is 12.2 Å². The molecule has 1 saturated carbocycles. The average molecular weight is 154 g/mol. The Labute approximate surface area is 69.1 Å². The minimum absolute atomic E-state index is 0.393. The molecule has 11 heavy (non-hydrogen) atoms. The molecule has 0 radical (unpaired) electrons. The minimum atomic E-state index is 0.393. The van der Waals surface area contributed by atoms with Gasteiger partial charge in [0.1, 0.15) is 0 Å². The normalized spacial score (nSPS) is 43.9. The molecule has 0 amide bonds. The first-order valence-electron chi connectivity index (χ1n) is 4.99. The van der Waals surface area contributed by atoms with Gasteiger partial charge < -0.3 is 4.74 Å². The van der Waals surface area contributed by atoms with Crippen molar-refractivity contribution in [2.45, 2.75) is 51.0 Å². The molecule has 0 aromatic carbocycles. The van der Waals surface area contributed by atoms with Gasteiger partial charge in [-0.2, -0.15) is 0 Å². The van der Waals surface area contributed by atoms with E-state index >= 15 is 0 Å². The van der Waals surface area contributed by atoms with Crippen molar-refractivity contribution in [3.8, 4) is 0 Å². The SMILES string of the molecule is CCC1CCCC2(CC1)CO2. The Morgan fingerprint density at radius 1 is 1.36 bits per heavy atom. The maximum atomic E-state index is 5.51. The van der Waals surface area contributed by atoms with Crippen LogP contribution >= 0.6 is 0 Å². The van der Waals surface area contributed by atoms with Gasteiger partial charge in [-0.1, -0.05) is 26.2 Å². The van der Waals surface area contributed by atoms with Crippen LogP contribution in [0.4, 0.5) is 0 Å². The summed E-state index contributed by atoms with van der Waals surface area (Å²) in [5.41, 5.74) is 0.393. The fourth-order valence-corrected chi connectivity index (χ4v) is 2.25. The summed E-state index contributed by atoms with van der Waals surface area (Å²) in [5, 5.41) is 0. The first kappa shape index (κ1) is 7.60. The van der Waals surface area contributed by atoms with Crippen molar-refractivity contribution < 1.29 is 4.74 Å². The summed E-state index contributed by atoms with van der Waals surface area (Å²) in [5.74, 6) is 0.999. The maximum Gasteiger partial charge on any atom is 0.0916 e. The van der Waals surface area contributed by atoms with E-state index in [0.717, 1.165) is 12.5 Å². The highest BCUT2D eigenvalue weighted by Crippen LogP contribution is 2.42. The molecular formula is C10H18O. The van der Waals surface area contributed by atoms with E-state index in [9.17, 15) is 0 Å². The monoisotopic (exact) mass is 154 g/mol. The molecule has 0 aromatic rings. The Kier molecular flexibility index (Phi) is 1.92. The molecule has 2 aliphatic rings. The molecule has 2 atom stereocenters. The topological polar surface area (TPSA) is 12.5 Å². The van der Waals surface area contributed by atoms with Crippen LogP contribution in [-0.2, 0) is 4.74 Å². The Morgan fingerprint density at radius 3 is 2.82 bits per heavy atom. The highest BCUT2D eigenvalue weighted by Gasteiger charge is 2.44. The van der Waals surface area contributed by atoms with Crippen LogP contribution in [0, 0.1) is 5.92 Å². The van der Waals surface area contributed by atoms with Gasteiger partial charge in [-0.25, -0.2) is 0 Å². The maximum absolute atomic E-state index is 5.51. The van der Waals surface area contributed by atoms with E-state index in [0.29, 0.717) is 5.60 Å². The van der Waals surface area contributed by atoms with Gasteiger partial charge in [0.15, 0.2) is 0 Å². The zero-order chi connectivity index (χ0) is 7.73. The highest BCUT2D eigenvalue weighted by atomic mass is 16.6. The second-order valence-electron chi connectivity index (χ2n) is 4.18. The van der Waals surface area contributed by atoms with Gasteiger partial charge in [0, 0.05) is 0 Å². The van der Waals surface area contributed by atoms with Crippen molar-refractivity contribution in [3.63, 3.8) is 0 Å². The lowest BCUT2D eigenvalue weighted by Crippen LogP contribution is -2.08. The summed E-state index contributed by atoms with van der Waals surface area (Å²) in [6.07, 6.45) is 8.31. The predicted molar refractivity (Wildman–Crippen MR) is 45.5 cm³/mol. The van der Waals surface area contributed by atoms with E-state index in [2.05, 4.69) is 6.92 Å². The molecule has 1 saturated heterocycles. The number of rotatable bonds is 1. The van der Waals surface area contributed by atoms with Crippen molar-refractivity contribution in [1.29, 1.82) is 0 Å². The lowest BCUT2D eigenvalue weighted by molar-refractivity contribution is 0.274. The first-order chi connectivity index (χ1) is 5.35. The van der Waals surface area contributed by atoms with Crippen LogP contribution in [0.15, 0.2) is 0 Å². The lowest BCUT2D eigenvalue weighted by atomic mass is 9.97. The Balaban J connectivity index is 1.87. The molecule has 0 N–H and O–H groups in total. The van der Waals surface area contributed by atoms with Crippen LogP contribution in [0.25, 0.3) is 0 Å². The molecule has 0 bridgehead atoms. The van der Waals surface area contributed by atoms with Crippen LogP contribution in [0.1, 0.15) is 45.4 Å². The van der Waals surface area contributed by atoms with Crippen molar-refractivity contribution in [1.82, 2.24) is 0 Å². The van der Waals surface area contributed by atoms with Gasteiger partial charge in [-0.3, -0.25) is 0 Å². The summed E-state index contributed by atoms with van der Waals surface area (Å²) in [6, 6.07) is 0. The van der Waals surface area contributed by atoms with Gasteiger partial charge in [-0.05, 0) is 25.2 Å². The third kappa shape index (κ3) is 1.58. The molecule has 1 heteroatoms. The van der Waals surface area contributed by atoms with Crippen molar-refractivity contribution >= 4 is 0 Å². The molecule has 0 aromatic heterocycles. The minimum Gasteiger partial charge on any atom is -0.370 e. The van der Waals surface area contributed by atoms with E-state index in [4.69, 9.17) is 4.74 Å². The van der Waals surface area contributed by atoms with Crippen LogP contribution < -0.4 is 0 Å². The van der Waals surface area contributed by atoms with E-state index in [1.54, 1.807) is 0 Å². The molecule has 1 heterocycles. The Hall–Kier alpha value is -0.0400. The third-order valence-corrected chi connectivity index (χ3v) is 3.38. The second kappa shape index (κ2) is 2.78. The molecule has 2 rings (SSSR count). The summed E-state index contributed by atoms with van der Waals surface area (Å²) in [4.78, 5) is 0. The van der Waals surface area contributed by atoms with Gasteiger partial charge in [-0.15, -0.1) is 0 Å². The summed E-state index contributed by atoms with van der Waals surface area (Å²) < 4.78 is 5.51. The molecule has 2 fully saturated rings. The highest BCUT2D eigenvalue weighted by molar-refractivity contribution is 4.94. The third-order valence-electron chi connectivity index (χ3n) is 3.38. The Morgan fingerprint density at radius 2 is 2.18 bits per heavy atom. The molecule has 2 unspecified atom stereocenters. The molecule has 1 aliphatic carbocycles. The largest absolute Gasteiger partial charge is 0.370 e. The smallest absolute Gasteiger partial charge is 0.0916 e. The average Bonchev–Trinajstić information content (AvgIpc) is 2.81. The standard InChI is InChI=1S/C10H18O/c1-2-9-4-3-6-10(7-5-9)8-11-10/h9H,2-8H2,1H3. The fourth-order valence-electron chi connectivity index (χ4n) is 2.25. The molecule has 1 spiro atoms. The van der Waals surface area contributed by atoms with E-state index in [1.165, 1.54) is 38.5 Å². The predicted octanol–water partition coefficient (Wildman–Crippen LogP) is 2.75. The molecule has 1 aliphatic heterocycles. The van der Waals surface area contributed by atoms with E-state index in [1.807, 2.05) is 0 Å². The second-order valence-corrected chi connectivity index (χ2v) is 4.18. The number of epoxide rings is 1. The first-order valence-corrected chi connectivity index (χ1v) is 4.99. The molecular weight excluding hydrogens is 136 g/mol. The lowest BCUT2D eigenvalue weighted by Gasteiger charge is -2.09. The molecule has 1 nitrogen and oxygen atoms in total. The van der Waals surface area contributed by atoms with Gasteiger partial charge >= 0.3 is 0 Å². The van der Waals surface area contributed by atoms with E-state index < -0.39 is 0 Å². The number of hydrogen-bond donors (Lipinski definition) is 0. The van der Waals surface area contributed by atoms with Crippen molar-refractivity contribution in [3.05, 3.63) is 0 Å². The van der Waals surface area contributed by atoms with Gasteiger partial charge in [0.05, 0.1) is 12.2 Å². The van der Waals surface area contributed by atoms with Gasteiger partial charge in [0.25, 0.3) is 0 Å². The zero-order valence-electron chi connectivity index (χ0n) is 7.44. The van der Waals surface area contributed by atoms with Crippen LogP contribution in [0.5, 0.6) is 0 Å². The Bertz CT molecular complexity index is 138. The van der Waals surface area contributed by atoms with Crippen molar-refractivity contribution in [2.75, 3.05) is 6.61 Å². The zero-order valence-corrected chi connectivity index (χ0v) is 7.44. The van der Waals surface area contributed by atoms with Crippen LogP contribution in [0.3, 0.4) is 0 Å². The summed E-state index contributed by atoms with van der Waals surface area (Å²) >= 11 is 0. The molecule has 64 valence electrons. The summed E-state index contributed by atoms with van der Waals surface area (Å²) in [6.45, 7) is 3.37. The summed E-state index contributed by atoms with van der Waals surface area (Å²) in [7, 11) is 0. The number of hydrogen-bond acceptors (Lipinski definition) is 1. The van der Waals surface area contributed by atoms with E-state index in [-0.39, 0.29) is 0 Å². The van der Waals surface area contributed by atoms with Crippen LogP contribution in [0.2, 0.25) is 0 Å². The fraction of sp³-hybridized carbons (Fsp3) is 1.00. The number of ether oxygens (including phenoxy) is 1. The quantitative estimate of drug-likeness (QED) is 0.529. The van der Waals surface area contributed by atoms with Crippen molar-refractivity contribution in [2.24, 2.45) is 5.92 Å².